The fraction of sp³-hybridized carbons (Fsp3) is 0.379. The standard InChI is InChI=1S/C29H36O2Si/c1-28(2)22-31-26(20-27(28)30)21-32(3,4)29(23-14-8-5-9-15-23,24-16-10-6-11-17-24)25-18-12-7-13-19-25/h5-19,26-27,30H,20-22H2,1-4H3/t26-,27-/m0/s1. The van der Waals surface area contributed by atoms with Gasteiger partial charge in [0.2, 0.25) is 0 Å². The molecule has 1 heterocycles. The number of benzene rings is 3. The molecular formula is C29H36O2Si. The average Bonchev–Trinajstić information content (AvgIpc) is 2.79. The predicted molar refractivity (Wildman–Crippen MR) is 136 cm³/mol. The van der Waals surface area contributed by atoms with Crippen LogP contribution < -0.4 is 0 Å². The molecule has 1 aliphatic rings. The lowest BCUT2D eigenvalue weighted by atomic mass is 9.82. The maximum atomic E-state index is 10.8. The monoisotopic (exact) mass is 444 g/mol. The molecule has 2 nitrogen and oxygen atoms in total. The Balaban J connectivity index is 1.87. The molecule has 32 heavy (non-hydrogen) atoms. The fourth-order valence-electron chi connectivity index (χ4n) is 5.67. The molecular weight excluding hydrogens is 408 g/mol. The Morgan fingerprint density at radius 2 is 1.22 bits per heavy atom. The number of aliphatic hydroxyl groups excluding tert-OH is 1. The first-order valence-corrected chi connectivity index (χ1v) is 14.9. The zero-order chi connectivity index (χ0) is 22.8. The SMILES string of the molecule is CC1(C)CO[C@H](C[Si](C)(C)C(c2ccccc2)(c2ccccc2)c2ccccc2)C[C@@H]1O. The zero-order valence-corrected chi connectivity index (χ0v) is 20.8. The van der Waals surface area contributed by atoms with Gasteiger partial charge in [-0.1, -0.05) is 118 Å². The summed E-state index contributed by atoms with van der Waals surface area (Å²) in [6.07, 6.45) is 0.457. The molecule has 0 aromatic heterocycles. The van der Waals surface area contributed by atoms with E-state index >= 15 is 0 Å². The summed E-state index contributed by atoms with van der Waals surface area (Å²) in [6, 6.07) is 33.9. The van der Waals surface area contributed by atoms with Crippen molar-refractivity contribution in [2.45, 2.75) is 56.7 Å². The van der Waals surface area contributed by atoms with Crippen molar-refractivity contribution < 1.29 is 9.84 Å². The number of rotatable bonds is 6. The molecule has 0 unspecified atom stereocenters. The van der Waals surface area contributed by atoms with Gasteiger partial charge in [0, 0.05) is 10.5 Å². The van der Waals surface area contributed by atoms with E-state index in [1.165, 1.54) is 16.7 Å². The van der Waals surface area contributed by atoms with E-state index in [0.29, 0.717) is 13.0 Å². The molecule has 1 saturated heterocycles. The van der Waals surface area contributed by atoms with Gasteiger partial charge in [0.05, 0.1) is 26.9 Å². The summed E-state index contributed by atoms with van der Waals surface area (Å²) in [5, 5.41) is 10.6. The van der Waals surface area contributed by atoms with Crippen molar-refractivity contribution in [3.63, 3.8) is 0 Å². The van der Waals surface area contributed by atoms with Crippen LogP contribution in [0.15, 0.2) is 91.0 Å². The van der Waals surface area contributed by atoms with Gasteiger partial charge in [0.25, 0.3) is 0 Å². The van der Waals surface area contributed by atoms with Crippen LogP contribution in [0.1, 0.15) is 37.0 Å². The molecule has 168 valence electrons. The Hall–Kier alpha value is -2.20. The molecule has 3 aromatic carbocycles. The van der Waals surface area contributed by atoms with Crippen LogP contribution in [-0.2, 0) is 9.78 Å². The van der Waals surface area contributed by atoms with Gasteiger partial charge in [0.1, 0.15) is 0 Å². The van der Waals surface area contributed by atoms with Gasteiger partial charge in [-0.25, -0.2) is 0 Å². The smallest absolute Gasteiger partial charge is 0.0724 e. The summed E-state index contributed by atoms with van der Waals surface area (Å²) < 4.78 is 6.38. The Kier molecular flexibility index (Phi) is 6.44. The minimum atomic E-state index is -2.10. The largest absolute Gasteiger partial charge is 0.392 e. The molecule has 1 aliphatic heterocycles. The van der Waals surface area contributed by atoms with Gasteiger partial charge in [-0.15, -0.1) is 0 Å². The molecule has 0 spiro atoms. The fourth-order valence-corrected chi connectivity index (χ4v) is 10.2. The minimum Gasteiger partial charge on any atom is -0.392 e. The van der Waals surface area contributed by atoms with E-state index in [9.17, 15) is 5.11 Å². The van der Waals surface area contributed by atoms with Gasteiger partial charge >= 0.3 is 0 Å². The molecule has 4 rings (SSSR count). The number of ether oxygens (including phenoxy) is 1. The first-order valence-electron chi connectivity index (χ1n) is 11.7. The predicted octanol–water partition coefficient (Wildman–Crippen LogP) is 6.44. The van der Waals surface area contributed by atoms with Crippen LogP contribution in [0.2, 0.25) is 19.1 Å². The Labute approximate surface area is 194 Å². The number of aliphatic hydroxyl groups is 1. The van der Waals surface area contributed by atoms with Gasteiger partial charge in [0.15, 0.2) is 0 Å². The second-order valence-corrected chi connectivity index (χ2v) is 15.5. The summed E-state index contributed by atoms with van der Waals surface area (Å²) in [4.78, 5) is 0. The van der Waals surface area contributed by atoms with E-state index in [2.05, 4.69) is 118 Å². The van der Waals surface area contributed by atoms with Crippen LogP contribution in [0, 0.1) is 5.41 Å². The first-order chi connectivity index (χ1) is 15.3. The molecule has 0 saturated carbocycles. The molecule has 2 atom stereocenters. The molecule has 0 radical (unpaired) electrons. The van der Waals surface area contributed by atoms with Crippen LogP contribution >= 0.6 is 0 Å². The van der Waals surface area contributed by atoms with Crippen LogP contribution in [0.4, 0.5) is 0 Å². The molecule has 0 bridgehead atoms. The maximum absolute atomic E-state index is 10.8. The van der Waals surface area contributed by atoms with E-state index in [1.807, 2.05) is 0 Å². The van der Waals surface area contributed by atoms with Crippen LogP contribution in [-0.4, -0.2) is 32.0 Å². The minimum absolute atomic E-state index is 0.0789. The van der Waals surface area contributed by atoms with Crippen molar-refractivity contribution >= 4 is 8.07 Å². The van der Waals surface area contributed by atoms with Crippen molar-refractivity contribution in [2.24, 2.45) is 5.41 Å². The second-order valence-electron chi connectivity index (χ2n) is 10.6. The normalized spacial score (nSPS) is 21.3. The molecule has 0 amide bonds. The second kappa shape index (κ2) is 8.97. The Morgan fingerprint density at radius 3 is 1.59 bits per heavy atom. The van der Waals surface area contributed by atoms with E-state index in [4.69, 9.17) is 4.74 Å². The van der Waals surface area contributed by atoms with Crippen LogP contribution in [0.25, 0.3) is 0 Å². The summed E-state index contributed by atoms with van der Waals surface area (Å²) in [6.45, 7) is 9.79. The third-order valence-electron chi connectivity index (χ3n) is 7.45. The average molecular weight is 445 g/mol. The molecule has 3 aromatic rings. The third-order valence-corrected chi connectivity index (χ3v) is 11.8. The highest BCUT2D eigenvalue weighted by molar-refractivity contribution is 6.82. The lowest BCUT2D eigenvalue weighted by Gasteiger charge is -2.50. The van der Waals surface area contributed by atoms with E-state index < -0.39 is 8.07 Å². The summed E-state index contributed by atoms with van der Waals surface area (Å²) >= 11 is 0. The van der Waals surface area contributed by atoms with Gasteiger partial charge in [-0.3, -0.25) is 0 Å². The van der Waals surface area contributed by atoms with Gasteiger partial charge in [-0.2, -0.15) is 0 Å². The van der Waals surface area contributed by atoms with Crippen molar-refractivity contribution in [1.29, 1.82) is 0 Å². The van der Waals surface area contributed by atoms with E-state index in [1.54, 1.807) is 0 Å². The van der Waals surface area contributed by atoms with Crippen molar-refractivity contribution in [3.8, 4) is 0 Å². The quantitative estimate of drug-likeness (QED) is 0.350. The highest BCUT2D eigenvalue weighted by atomic mass is 28.3. The summed E-state index contributed by atoms with van der Waals surface area (Å²) in [7, 11) is -2.10. The van der Waals surface area contributed by atoms with E-state index in [0.717, 1.165) is 6.04 Å². The van der Waals surface area contributed by atoms with E-state index in [-0.39, 0.29) is 22.7 Å². The topological polar surface area (TPSA) is 29.5 Å². The van der Waals surface area contributed by atoms with Gasteiger partial charge < -0.3 is 9.84 Å². The highest BCUT2D eigenvalue weighted by Gasteiger charge is 2.52. The first kappa shape index (κ1) is 23.0. The molecule has 1 N–H and O–H groups in total. The maximum Gasteiger partial charge on any atom is 0.0724 e. The molecule has 3 heteroatoms. The van der Waals surface area contributed by atoms with Crippen LogP contribution in [0.3, 0.4) is 0 Å². The Bertz CT molecular complexity index is 902. The molecule has 1 fully saturated rings. The Morgan fingerprint density at radius 1 is 0.812 bits per heavy atom. The van der Waals surface area contributed by atoms with Crippen molar-refractivity contribution in [1.82, 2.24) is 0 Å². The lowest BCUT2D eigenvalue weighted by Crippen LogP contribution is -2.56. The van der Waals surface area contributed by atoms with Gasteiger partial charge in [-0.05, 0) is 29.2 Å². The molecule has 0 aliphatic carbocycles. The van der Waals surface area contributed by atoms with Crippen molar-refractivity contribution in [2.75, 3.05) is 6.61 Å². The van der Waals surface area contributed by atoms with Crippen LogP contribution in [0.5, 0.6) is 0 Å². The summed E-state index contributed by atoms with van der Waals surface area (Å²) in [5.74, 6) is 0. The number of hydrogen-bond acceptors (Lipinski definition) is 2. The number of hydrogen-bond donors (Lipinski definition) is 1. The zero-order valence-electron chi connectivity index (χ0n) is 19.8. The van der Waals surface area contributed by atoms with Crippen molar-refractivity contribution in [3.05, 3.63) is 108 Å². The highest BCUT2D eigenvalue weighted by Crippen LogP contribution is 2.49. The summed E-state index contributed by atoms with van der Waals surface area (Å²) in [5.41, 5.74) is 3.83. The third kappa shape index (κ3) is 4.10. The lowest BCUT2D eigenvalue weighted by molar-refractivity contribution is -0.115.